The van der Waals surface area contributed by atoms with E-state index < -0.39 is 5.97 Å². The largest absolute Gasteiger partial charge is 0.491 e. The van der Waals surface area contributed by atoms with Gasteiger partial charge in [0.2, 0.25) is 0 Å². The van der Waals surface area contributed by atoms with Crippen LogP contribution in [0.2, 0.25) is 5.02 Å². The molecule has 0 radical (unpaired) electrons. The molecule has 0 saturated carbocycles. The molecule has 0 saturated heterocycles. The maximum atomic E-state index is 10.8. The first-order valence-electron chi connectivity index (χ1n) is 5.35. The van der Waals surface area contributed by atoms with Crippen LogP contribution in [0.4, 0.5) is 0 Å². The first-order valence-corrected chi connectivity index (χ1v) is 5.73. The van der Waals surface area contributed by atoms with E-state index in [2.05, 4.69) is 0 Å². The Morgan fingerprint density at radius 3 is 2.59 bits per heavy atom. The van der Waals surface area contributed by atoms with Gasteiger partial charge in [-0.2, -0.15) is 0 Å². The number of carboxylic acid groups (broad SMARTS) is 1. The van der Waals surface area contributed by atoms with Gasteiger partial charge in [0.1, 0.15) is 12.4 Å². The Hall–Kier alpha value is -1.26. The molecule has 0 aliphatic heterocycles. The molecule has 0 aromatic heterocycles. The fourth-order valence-corrected chi connectivity index (χ4v) is 1.87. The maximum Gasteiger partial charge on any atom is 0.307 e. The summed E-state index contributed by atoms with van der Waals surface area (Å²) in [7, 11) is 0. The van der Waals surface area contributed by atoms with Gasteiger partial charge >= 0.3 is 5.97 Å². The smallest absolute Gasteiger partial charge is 0.307 e. The third kappa shape index (κ3) is 3.91. The van der Waals surface area contributed by atoms with Crippen molar-refractivity contribution in [3.63, 3.8) is 0 Å². The number of rotatable bonds is 6. The van der Waals surface area contributed by atoms with E-state index in [1.54, 1.807) is 12.1 Å². The van der Waals surface area contributed by atoms with Crippen LogP contribution in [0.1, 0.15) is 18.1 Å². The van der Waals surface area contributed by atoms with Crippen LogP contribution in [0.25, 0.3) is 0 Å². The van der Waals surface area contributed by atoms with Gasteiger partial charge in [0.25, 0.3) is 0 Å². The quantitative estimate of drug-likeness (QED) is 0.818. The van der Waals surface area contributed by atoms with Gasteiger partial charge in [-0.15, -0.1) is 0 Å². The summed E-state index contributed by atoms with van der Waals surface area (Å²) in [6.45, 7) is 1.96. The lowest BCUT2D eigenvalue weighted by Gasteiger charge is -2.14. The van der Waals surface area contributed by atoms with Crippen molar-refractivity contribution in [2.45, 2.75) is 19.8 Å². The van der Waals surface area contributed by atoms with E-state index in [-0.39, 0.29) is 19.6 Å². The van der Waals surface area contributed by atoms with Crippen molar-refractivity contribution in [3.8, 4) is 5.75 Å². The number of hydrogen-bond donors (Lipinski definition) is 2. The lowest BCUT2D eigenvalue weighted by Crippen LogP contribution is -2.09. The van der Waals surface area contributed by atoms with Crippen LogP contribution in [0.15, 0.2) is 12.1 Å². The molecule has 2 N–H and O–H groups in total. The van der Waals surface area contributed by atoms with Crippen molar-refractivity contribution in [1.29, 1.82) is 0 Å². The van der Waals surface area contributed by atoms with Crippen LogP contribution in [-0.4, -0.2) is 29.4 Å². The molecular weight excluding hydrogens is 244 g/mol. The van der Waals surface area contributed by atoms with Crippen molar-refractivity contribution in [2.24, 2.45) is 0 Å². The first-order chi connectivity index (χ1) is 8.08. The highest BCUT2D eigenvalue weighted by Gasteiger charge is 2.13. The van der Waals surface area contributed by atoms with Crippen LogP contribution >= 0.6 is 11.6 Å². The number of halogens is 1. The summed E-state index contributed by atoms with van der Waals surface area (Å²) >= 11 is 5.92. The average Bonchev–Trinajstić information content (AvgIpc) is 2.26. The summed E-state index contributed by atoms with van der Waals surface area (Å²) in [6.07, 6.45) is 0.544. The third-order valence-electron chi connectivity index (χ3n) is 2.27. The lowest BCUT2D eigenvalue weighted by atomic mass is 10.0. The molecule has 4 nitrogen and oxygen atoms in total. The first kappa shape index (κ1) is 13.8. The molecule has 0 heterocycles. The molecule has 0 spiro atoms. The zero-order valence-corrected chi connectivity index (χ0v) is 10.3. The number of hydrogen-bond acceptors (Lipinski definition) is 3. The maximum absolute atomic E-state index is 10.8. The second kappa shape index (κ2) is 6.47. The molecule has 0 aliphatic rings. The number of aliphatic carboxylic acids is 1. The van der Waals surface area contributed by atoms with Gasteiger partial charge in [0.05, 0.1) is 13.0 Å². The van der Waals surface area contributed by atoms with Crippen molar-refractivity contribution in [2.75, 3.05) is 13.2 Å². The molecular formula is C12H15ClO4. The van der Waals surface area contributed by atoms with Gasteiger partial charge in [-0.3, -0.25) is 4.79 Å². The van der Waals surface area contributed by atoms with Crippen LogP contribution in [0, 0.1) is 0 Å². The highest BCUT2D eigenvalue weighted by Crippen LogP contribution is 2.29. The minimum atomic E-state index is -0.942. The van der Waals surface area contributed by atoms with E-state index in [1.807, 2.05) is 6.92 Å². The van der Waals surface area contributed by atoms with E-state index >= 15 is 0 Å². The number of carboxylic acids is 1. The van der Waals surface area contributed by atoms with Gasteiger partial charge in [-0.25, -0.2) is 0 Å². The summed E-state index contributed by atoms with van der Waals surface area (Å²) in [4.78, 5) is 10.8. The van der Waals surface area contributed by atoms with Crippen LogP contribution in [0.5, 0.6) is 5.75 Å². The Kier molecular flexibility index (Phi) is 5.25. The SMILES string of the molecule is CCc1cc(Cl)cc(CC(=O)O)c1OCCO. The molecule has 94 valence electrons. The summed E-state index contributed by atoms with van der Waals surface area (Å²) in [6, 6.07) is 3.33. The van der Waals surface area contributed by atoms with Gasteiger partial charge in [-0.05, 0) is 24.1 Å². The fraction of sp³-hybridized carbons (Fsp3) is 0.417. The summed E-state index contributed by atoms with van der Waals surface area (Å²) in [5.41, 5.74) is 1.39. The Morgan fingerprint density at radius 2 is 2.06 bits per heavy atom. The van der Waals surface area contributed by atoms with Gasteiger partial charge < -0.3 is 14.9 Å². The number of benzene rings is 1. The van der Waals surface area contributed by atoms with Crippen molar-refractivity contribution >= 4 is 17.6 Å². The second-order valence-corrected chi connectivity index (χ2v) is 3.99. The minimum absolute atomic E-state index is 0.113. The number of aliphatic hydroxyl groups is 1. The number of aryl methyl sites for hydroxylation is 1. The van der Waals surface area contributed by atoms with Crippen LogP contribution in [-0.2, 0) is 17.6 Å². The number of carbonyl (C=O) groups is 1. The molecule has 1 aromatic carbocycles. The second-order valence-electron chi connectivity index (χ2n) is 3.55. The Labute approximate surface area is 105 Å². The predicted molar refractivity (Wildman–Crippen MR) is 64.8 cm³/mol. The zero-order chi connectivity index (χ0) is 12.8. The molecule has 1 aromatic rings. The van der Waals surface area contributed by atoms with E-state index in [0.717, 1.165) is 5.56 Å². The highest BCUT2D eigenvalue weighted by molar-refractivity contribution is 6.30. The summed E-state index contributed by atoms with van der Waals surface area (Å²) in [5.74, 6) is -0.420. The molecule has 0 aliphatic carbocycles. The fourth-order valence-electron chi connectivity index (χ4n) is 1.60. The lowest BCUT2D eigenvalue weighted by molar-refractivity contribution is -0.136. The summed E-state index contributed by atoms with van der Waals surface area (Å²) < 4.78 is 5.39. The van der Waals surface area contributed by atoms with Crippen LogP contribution in [0.3, 0.4) is 0 Å². The normalized spacial score (nSPS) is 10.3. The molecule has 0 bridgehead atoms. The Morgan fingerprint density at radius 1 is 1.41 bits per heavy atom. The van der Waals surface area contributed by atoms with Gasteiger partial charge in [0.15, 0.2) is 0 Å². The van der Waals surface area contributed by atoms with Crippen molar-refractivity contribution in [1.82, 2.24) is 0 Å². The molecule has 0 amide bonds. The Bertz CT molecular complexity index is 404. The number of aliphatic hydroxyl groups excluding tert-OH is 1. The van der Waals surface area contributed by atoms with Gasteiger partial charge in [-0.1, -0.05) is 18.5 Å². The van der Waals surface area contributed by atoms with E-state index in [1.165, 1.54) is 0 Å². The van der Waals surface area contributed by atoms with Crippen molar-refractivity contribution in [3.05, 3.63) is 28.3 Å². The standard InChI is InChI=1S/C12H15ClO4/c1-2-8-5-10(13)6-9(7-11(15)16)12(8)17-4-3-14/h5-6,14H,2-4,7H2,1H3,(H,15,16). The topological polar surface area (TPSA) is 66.8 Å². The third-order valence-corrected chi connectivity index (χ3v) is 2.49. The Balaban J connectivity index is 3.13. The van der Waals surface area contributed by atoms with Crippen LogP contribution < -0.4 is 4.74 Å². The monoisotopic (exact) mass is 258 g/mol. The van der Waals surface area contributed by atoms with E-state index in [0.29, 0.717) is 22.8 Å². The van der Waals surface area contributed by atoms with Crippen molar-refractivity contribution < 1.29 is 19.7 Å². The minimum Gasteiger partial charge on any atom is -0.491 e. The van der Waals surface area contributed by atoms with Gasteiger partial charge in [0, 0.05) is 10.6 Å². The molecule has 0 unspecified atom stereocenters. The molecule has 0 fully saturated rings. The summed E-state index contributed by atoms with van der Waals surface area (Å²) in [5, 5.41) is 18.1. The molecule has 17 heavy (non-hydrogen) atoms. The molecule has 5 heteroatoms. The highest BCUT2D eigenvalue weighted by atomic mass is 35.5. The average molecular weight is 259 g/mol. The van der Waals surface area contributed by atoms with E-state index in [9.17, 15) is 4.79 Å². The molecule has 0 atom stereocenters. The predicted octanol–water partition coefficient (Wildman–Crippen LogP) is 1.90. The zero-order valence-electron chi connectivity index (χ0n) is 9.57. The molecule has 1 rings (SSSR count). The number of ether oxygens (including phenoxy) is 1. The van der Waals surface area contributed by atoms with E-state index in [4.69, 9.17) is 26.6 Å².